The molecule has 98 valence electrons. The van der Waals surface area contributed by atoms with Gasteiger partial charge in [-0.2, -0.15) is 0 Å². The molecule has 0 amide bonds. The Kier molecular flexibility index (Phi) is 5.87. The fraction of sp³-hybridized carbons (Fsp3) is 0.385. The number of carbonyl (C=O) groups excluding carboxylic acids is 2. The Morgan fingerprint density at radius 1 is 1.17 bits per heavy atom. The van der Waals surface area contributed by atoms with Gasteiger partial charge in [0, 0.05) is 7.11 Å². The van der Waals surface area contributed by atoms with E-state index in [4.69, 9.17) is 9.47 Å². The normalized spacial score (nSPS) is 9.89. The summed E-state index contributed by atoms with van der Waals surface area (Å²) in [5, 5.41) is 0. The van der Waals surface area contributed by atoms with Crippen LogP contribution in [-0.2, 0) is 25.6 Å². The topological polar surface area (TPSA) is 61.8 Å². The second-order valence-corrected chi connectivity index (χ2v) is 3.47. The number of rotatable bonds is 6. The molecule has 5 nitrogen and oxygen atoms in total. The van der Waals surface area contributed by atoms with Gasteiger partial charge in [0.05, 0.1) is 18.8 Å². The molecule has 0 fully saturated rings. The van der Waals surface area contributed by atoms with Crippen molar-refractivity contribution < 1.29 is 23.8 Å². The van der Waals surface area contributed by atoms with Crippen LogP contribution < -0.4 is 0 Å². The smallest absolute Gasteiger partial charge is 0.344 e. The van der Waals surface area contributed by atoms with Crippen molar-refractivity contribution in [1.82, 2.24) is 0 Å². The lowest BCUT2D eigenvalue weighted by molar-refractivity contribution is -0.146. The Hall–Kier alpha value is -1.88. The summed E-state index contributed by atoms with van der Waals surface area (Å²) in [5.41, 5.74) is 1.11. The van der Waals surface area contributed by atoms with Crippen molar-refractivity contribution >= 4 is 11.9 Å². The molecule has 0 aliphatic carbocycles. The van der Waals surface area contributed by atoms with Crippen LogP contribution >= 0.6 is 0 Å². The van der Waals surface area contributed by atoms with Crippen molar-refractivity contribution in [2.75, 3.05) is 20.3 Å². The third-order valence-corrected chi connectivity index (χ3v) is 2.16. The summed E-state index contributed by atoms with van der Waals surface area (Å²) in [6, 6.07) is 6.92. The van der Waals surface area contributed by atoms with E-state index in [0.717, 1.165) is 0 Å². The van der Waals surface area contributed by atoms with Gasteiger partial charge in [0.2, 0.25) is 0 Å². The Morgan fingerprint density at radius 2 is 1.89 bits per heavy atom. The predicted octanol–water partition coefficient (Wildman–Crippen LogP) is 1.55. The highest BCUT2D eigenvalue weighted by molar-refractivity contribution is 5.92. The van der Waals surface area contributed by atoms with E-state index in [1.165, 1.54) is 0 Å². The maximum absolute atomic E-state index is 11.8. The highest BCUT2D eigenvalue weighted by Gasteiger charge is 2.14. The highest BCUT2D eigenvalue weighted by Crippen LogP contribution is 2.11. The lowest BCUT2D eigenvalue weighted by Crippen LogP contribution is -2.17. The van der Waals surface area contributed by atoms with Crippen LogP contribution in [0, 0.1) is 0 Å². The monoisotopic (exact) mass is 252 g/mol. The van der Waals surface area contributed by atoms with Gasteiger partial charge in [-0.05, 0) is 18.6 Å². The Bertz CT molecular complexity index is 414. The van der Waals surface area contributed by atoms with Gasteiger partial charge in [-0.3, -0.25) is 0 Å². The Morgan fingerprint density at radius 3 is 2.56 bits per heavy atom. The third kappa shape index (κ3) is 4.18. The largest absolute Gasteiger partial charge is 0.463 e. The molecule has 0 bridgehead atoms. The molecule has 1 aromatic carbocycles. The van der Waals surface area contributed by atoms with E-state index in [9.17, 15) is 9.59 Å². The van der Waals surface area contributed by atoms with Gasteiger partial charge < -0.3 is 14.2 Å². The molecule has 5 heteroatoms. The van der Waals surface area contributed by atoms with Crippen molar-refractivity contribution in [2.45, 2.75) is 13.5 Å². The quantitative estimate of drug-likeness (QED) is 0.719. The van der Waals surface area contributed by atoms with Crippen molar-refractivity contribution in [2.24, 2.45) is 0 Å². The van der Waals surface area contributed by atoms with Gasteiger partial charge in [0.1, 0.15) is 0 Å². The van der Waals surface area contributed by atoms with Crippen LogP contribution in [0.2, 0.25) is 0 Å². The van der Waals surface area contributed by atoms with Crippen LogP contribution in [-0.4, -0.2) is 32.3 Å². The second-order valence-electron chi connectivity index (χ2n) is 3.47. The first-order valence-corrected chi connectivity index (χ1v) is 5.58. The zero-order chi connectivity index (χ0) is 13.4. The number of esters is 2. The molecule has 0 saturated carbocycles. The zero-order valence-corrected chi connectivity index (χ0v) is 10.5. The van der Waals surface area contributed by atoms with Crippen molar-refractivity contribution in [3.05, 3.63) is 35.4 Å². The fourth-order valence-electron chi connectivity index (χ4n) is 1.41. The van der Waals surface area contributed by atoms with Crippen LogP contribution in [0.15, 0.2) is 24.3 Å². The Balaban J connectivity index is 2.63. The molecule has 0 heterocycles. The number of hydrogen-bond acceptors (Lipinski definition) is 5. The van der Waals surface area contributed by atoms with Crippen LogP contribution in [0.5, 0.6) is 0 Å². The molecule has 0 spiro atoms. The van der Waals surface area contributed by atoms with E-state index in [1.54, 1.807) is 38.3 Å². The molecule has 0 radical (unpaired) electrons. The summed E-state index contributed by atoms with van der Waals surface area (Å²) in [5.74, 6) is -1.12. The lowest BCUT2D eigenvalue weighted by Gasteiger charge is -2.08. The van der Waals surface area contributed by atoms with Gasteiger partial charge in [-0.25, -0.2) is 9.59 Å². The van der Waals surface area contributed by atoms with Gasteiger partial charge in [-0.1, -0.05) is 18.2 Å². The second kappa shape index (κ2) is 7.45. The van der Waals surface area contributed by atoms with Gasteiger partial charge in [-0.15, -0.1) is 0 Å². The summed E-state index contributed by atoms with van der Waals surface area (Å²) >= 11 is 0. The first-order chi connectivity index (χ1) is 8.69. The van der Waals surface area contributed by atoms with Crippen LogP contribution in [0.4, 0.5) is 0 Å². The Labute approximate surface area is 106 Å². The summed E-state index contributed by atoms with van der Waals surface area (Å²) in [6.45, 7) is 1.88. The van der Waals surface area contributed by atoms with E-state index >= 15 is 0 Å². The standard InChI is InChI=1S/C13H16O5/c1-3-17-12(14)9-18-13(15)11-7-5-4-6-10(11)8-16-2/h4-7H,3,8-9H2,1-2H3. The molecule has 0 aliphatic rings. The number of methoxy groups -OCH3 is 1. The molecule has 0 aliphatic heterocycles. The summed E-state index contributed by atoms with van der Waals surface area (Å²) in [4.78, 5) is 22.8. The minimum atomic E-state index is -0.560. The minimum Gasteiger partial charge on any atom is -0.463 e. The molecular formula is C13H16O5. The molecule has 0 N–H and O–H groups in total. The van der Waals surface area contributed by atoms with Crippen molar-refractivity contribution in [3.8, 4) is 0 Å². The predicted molar refractivity (Wildman–Crippen MR) is 64.1 cm³/mol. The molecule has 1 aromatic rings. The average Bonchev–Trinajstić information content (AvgIpc) is 2.37. The van der Waals surface area contributed by atoms with E-state index in [1.807, 2.05) is 0 Å². The highest BCUT2D eigenvalue weighted by atomic mass is 16.6. The zero-order valence-electron chi connectivity index (χ0n) is 10.5. The van der Waals surface area contributed by atoms with Crippen LogP contribution in [0.25, 0.3) is 0 Å². The van der Waals surface area contributed by atoms with E-state index < -0.39 is 11.9 Å². The molecule has 0 unspecified atom stereocenters. The van der Waals surface area contributed by atoms with Crippen molar-refractivity contribution in [1.29, 1.82) is 0 Å². The van der Waals surface area contributed by atoms with E-state index in [2.05, 4.69) is 4.74 Å². The van der Waals surface area contributed by atoms with Crippen LogP contribution in [0.3, 0.4) is 0 Å². The number of carbonyl (C=O) groups is 2. The van der Waals surface area contributed by atoms with Gasteiger partial charge >= 0.3 is 11.9 Å². The minimum absolute atomic E-state index is 0.261. The molecule has 0 saturated heterocycles. The summed E-state index contributed by atoms with van der Waals surface area (Å²) < 4.78 is 14.5. The average molecular weight is 252 g/mol. The van der Waals surface area contributed by atoms with E-state index in [-0.39, 0.29) is 13.2 Å². The number of hydrogen-bond donors (Lipinski definition) is 0. The molecular weight excluding hydrogens is 236 g/mol. The van der Waals surface area contributed by atoms with Gasteiger partial charge in [0.15, 0.2) is 6.61 Å². The van der Waals surface area contributed by atoms with E-state index in [0.29, 0.717) is 17.7 Å². The van der Waals surface area contributed by atoms with Gasteiger partial charge in [0.25, 0.3) is 0 Å². The fourth-order valence-corrected chi connectivity index (χ4v) is 1.41. The molecule has 1 rings (SSSR count). The van der Waals surface area contributed by atoms with Crippen LogP contribution in [0.1, 0.15) is 22.8 Å². The first kappa shape index (κ1) is 14.2. The molecule has 18 heavy (non-hydrogen) atoms. The maximum atomic E-state index is 11.8. The first-order valence-electron chi connectivity index (χ1n) is 5.58. The van der Waals surface area contributed by atoms with Crippen molar-refractivity contribution in [3.63, 3.8) is 0 Å². The summed E-state index contributed by atoms with van der Waals surface area (Å²) in [7, 11) is 1.54. The lowest BCUT2D eigenvalue weighted by atomic mass is 10.1. The number of ether oxygens (including phenoxy) is 3. The molecule has 0 aromatic heterocycles. The number of benzene rings is 1. The SMILES string of the molecule is CCOC(=O)COC(=O)c1ccccc1COC. The maximum Gasteiger partial charge on any atom is 0.344 e. The third-order valence-electron chi connectivity index (χ3n) is 2.16. The summed E-state index contributed by atoms with van der Waals surface area (Å²) in [6.07, 6.45) is 0. The molecule has 0 atom stereocenters.